The van der Waals surface area contributed by atoms with E-state index in [1.807, 2.05) is 49.4 Å². The van der Waals surface area contributed by atoms with E-state index in [1.165, 1.54) is 0 Å². The van der Waals surface area contributed by atoms with Crippen LogP contribution < -0.4 is 14.8 Å². The van der Waals surface area contributed by atoms with Gasteiger partial charge in [0.2, 0.25) is 0 Å². The summed E-state index contributed by atoms with van der Waals surface area (Å²) in [6.07, 6.45) is -0.564. The maximum absolute atomic E-state index is 12.6. The minimum absolute atomic E-state index is 0.0700. The summed E-state index contributed by atoms with van der Waals surface area (Å²) in [6.45, 7) is 10.3. The highest BCUT2D eigenvalue weighted by Crippen LogP contribution is 2.24. The zero-order valence-electron chi connectivity index (χ0n) is 17.6. The topological polar surface area (TPSA) is 50.8 Å². The molecular weight excluding hydrogens is 352 g/mol. The molecule has 0 saturated heterocycles. The first kappa shape index (κ1) is 21.8. The maximum atomic E-state index is 12.6. The molecule has 1 N–H and O–H groups in total. The number of aryl methyl sites for hydroxylation is 1. The van der Waals surface area contributed by atoms with Gasteiger partial charge < -0.3 is 14.8 Å². The first-order chi connectivity index (χ1) is 13.5. The third-order valence-corrected chi connectivity index (χ3v) is 4.90. The fourth-order valence-corrected chi connectivity index (χ4v) is 3.19. The average molecular weight is 385 g/mol. The van der Waals surface area contributed by atoms with Gasteiger partial charge in [0.1, 0.15) is 11.5 Å². The van der Waals surface area contributed by atoms with Crippen molar-refractivity contribution >= 4 is 5.91 Å². The molecule has 0 radical (unpaired) electrons. The molecule has 5 nitrogen and oxygen atoms in total. The van der Waals surface area contributed by atoms with Crippen molar-refractivity contribution in [1.82, 2.24) is 10.2 Å². The Hall–Kier alpha value is -2.53. The van der Waals surface area contributed by atoms with Crippen LogP contribution in [0.2, 0.25) is 0 Å². The van der Waals surface area contributed by atoms with Crippen molar-refractivity contribution in [3.8, 4) is 11.5 Å². The molecular formula is C23H32N2O3. The van der Waals surface area contributed by atoms with Crippen molar-refractivity contribution in [2.24, 2.45) is 0 Å². The Morgan fingerprint density at radius 3 is 2.36 bits per heavy atom. The van der Waals surface area contributed by atoms with Gasteiger partial charge in [-0.25, -0.2) is 0 Å². The van der Waals surface area contributed by atoms with Crippen LogP contribution in [0, 0.1) is 6.92 Å². The van der Waals surface area contributed by atoms with E-state index in [2.05, 4.69) is 30.1 Å². The standard InChI is InChI=1S/C23H32N2O3/c1-6-25(7-2)22(19-9-8-10-21(15-19)27-5)16-24-23(26)18(4)28-20-13-11-17(3)12-14-20/h8-15,18,22H,6-7,16H2,1-5H3,(H,24,26). The number of nitrogens with zero attached hydrogens (tertiary/aromatic N) is 1. The molecule has 0 aliphatic carbocycles. The second kappa shape index (κ2) is 10.7. The molecule has 2 aromatic carbocycles. The highest BCUT2D eigenvalue weighted by molar-refractivity contribution is 5.80. The van der Waals surface area contributed by atoms with E-state index in [1.54, 1.807) is 14.0 Å². The Kier molecular flexibility index (Phi) is 8.33. The highest BCUT2D eigenvalue weighted by atomic mass is 16.5. The molecule has 5 heteroatoms. The molecule has 0 heterocycles. The lowest BCUT2D eigenvalue weighted by Gasteiger charge is -2.31. The Labute approximate surface area is 168 Å². The zero-order chi connectivity index (χ0) is 20.5. The number of hydrogen-bond acceptors (Lipinski definition) is 4. The molecule has 1 amide bonds. The molecule has 0 fully saturated rings. The number of nitrogens with one attached hydrogen (secondary N) is 1. The number of benzene rings is 2. The van der Waals surface area contributed by atoms with Gasteiger partial charge in [0.05, 0.1) is 13.2 Å². The van der Waals surface area contributed by atoms with Gasteiger partial charge in [0.25, 0.3) is 5.91 Å². The van der Waals surface area contributed by atoms with Crippen LogP contribution in [0.1, 0.15) is 37.9 Å². The highest BCUT2D eigenvalue weighted by Gasteiger charge is 2.21. The van der Waals surface area contributed by atoms with E-state index in [4.69, 9.17) is 9.47 Å². The van der Waals surface area contributed by atoms with E-state index >= 15 is 0 Å². The quantitative estimate of drug-likeness (QED) is 0.673. The summed E-state index contributed by atoms with van der Waals surface area (Å²) >= 11 is 0. The summed E-state index contributed by atoms with van der Waals surface area (Å²) < 4.78 is 11.1. The van der Waals surface area contributed by atoms with Crippen LogP contribution in [-0.2, 0) is 4.79 Å². The fourth-order valence-electron chi connectivity index (χ4n) is 3.19. The molecule has 0 aromatic heterocycles. The summed E-state index contributed by atoms with van der Waals surface area (Å²) in [4.78, 5) is 14.9. The lowest BCUT2D eigenvalue weighted by atomic mass is 10.0. The van der Waals surface area contributed by atoms with Crippen LogP contribution in [0.25, 0.3) is 0 Å². The monoisotopic (exact) mass is 384 g/mol. The maximum Gasteiger partial charge on any atom is 0.260 e. The van der Waals surface area contributed by atoms with Gasteiger partial charge in [0.15, 0.2) is 6.10 Å². The van der Waals surface area contributed by atoms with Gasteiger partial charge in [-0.15, -0.1) is 0 Å². The minimum Gasteiger partial charge on any atom is -0.497 e. The number of likely N-dealkylation sites (N-methyl/N-ethyl adjacent to an activating group) is 1. The van der Waals surface area contributed by atoms with Crippen molar-refractivity contribution in [2.75, 3.05) is 26.7 Å². The third-order valence-electron chi connectivity index (χ3n) is 4.90. The second-order valence-electron chi connectivity index (χ2n) is 6.83. The Bertz CT molecular complexity index is 742. The molecule has 152 valence electrons. The van der Waals surface area contributed by atoms with Gasteiger partial charge in [-0.2, -0.15) is 0 Å². The summed E-state index contributed by atoms with van der Waals surface area (Å²) in [5, 5.41) is 3.05. The molecule has 0 aliphatic rings. The van der Waals surface area contributed by atoms with Crippen molar-refractivity contribution in [3.05, 3.63) is 59.7 Å². The number of carbonyl (C=O) groups is 1. The van der Waals surface area contributed by atoms with Crippen LogP contribution in [0.15, 0.2) is 48.5 Å². The summed E-state index contributed by atoms with van der Waals surface area (Å²) in [7, 11) is 1.66. The average Bonchev–Trinajstić information content (AvgIpc) is 2.72. The predicted molar refractivity (Wildman–Crippen MR) is 113 cm³/mol. The van der Waals surface area contributed by atoms with E-state index in [9.17, 15) is 4.79 Å². The number of hydrogen-bond donors (Lipinski definition) is 1. The van der Waals surface area contributed by atoms with E-state index in [0.29, 0.717) is 12.3 Å². The summed E-state index contributed by atoms with van der Waals surface area (Å²) in [5.74, 6) is 1.39. The van der Waals surface area contributed by atoms with E-state index < -0.39 is 6.10 Å². The SMILES string of the molecule is CCN(CC)C(CNC(=O)C(C)Oc1ccc(C)cc1)c1cccc(OC)c1. The summed E-state index contributed by atoms with van der Waals surface area (Å²) in [6, 6.07) is 15.8. The third kappa shape index (κ3) is 5.99. The van der Waals surface area contributed by atoms with Crippen molar-refractivity contribution in [1.29, 1.82) is 0 Å². The number of ether oxygens (including phenoxy) is 2. The fraction of sp³-hybridized carbons (Fsp3) is 0.435. The van der Waals surface area contributed by atoms with Crippen LogP contribution in [0.5, 0.6) is 11.5 Å². The lowest BCUT2D eigenvalue weighted by Crippen LogP contribution is -2.42. The van der Waals surface area contributed by atoms with Crippen molar-refractivity contribution in [3.63, 3.8) is 0 Å². The molecule has 2 aromatic rings. The number of carbonyl (C=O) groups excluding carboxylic acids is 1. The van der Waals surface area contributed by atoms with E-state index in [0.717, 1.165) is 30.0 Å². The molecule has 0 aliphatic heterocycles. The van der Waals surface area contributed by atoms with Crippen LogP contribution in [0.3, 0.4) is 0 Å². The van der Waals surface area contributed by atoms with E-state index in [-0.39, 0.29) is 11.9 Å². The number of amides is 1. The smallest absolute Gasteiger partial charge is 0.260 e. The van der Waals surface area contributed by atoms with Crippen molar-refractivity contribution < 1.29 is 14.3 Å². The Morgan fingerprint density at radius 1 is 1.07 bits per heavy atom. The van der Waals surface area contributed by atoms with Crippen LogP contribution in [-0.4, -0.2) is 43.7 Å². The first-order valence-electron chi connectivity index (χ1n) is 9.87. The largest absolute Gasteiger partial charge is 0.497 e. The first-order valence-corrected chi connectivity index (χ1v) is 9.87. The van der Waals surface area contributed by atoms with Crippen LogP contribution in [0.4, 0.5) is 0 Å². The number of rotatable bonds is 10. The molecule has 0 saturated carbocycles. The normalized spacial score (nSPS) is 13.1. The number of methoxy groups -OCH3 is 1. The molecule has 0 bridgehead atoms. The zero-order valence-corrected chi connectivity index (χ0v) is 17.6. The van der Waals surface area contributed by atoms with Crippen LogP contribution >= 0.6 is 0 Å². The van der Waals surface area contributed by atoms with Gasteiger partial charge in [-0.1, -0.05) is 43.7 Å². The predicted octanol–water partition coefficient (Wildman–Crippen LogP) is 3.97. The Balaban J connectivity index is 2.04. The molecule has 28 heavy (non-hydrogen) atoms. The summed E-state index contributed by atoms with van der Waals surface area (Å²) in [5.41, 5.74) is 2.28. The molecule has 2 rings (SSSR count). The van der Waals surface area contributed by atoms with Gasteiger partial charge in [-0.3, -0.25) is 9.69 Å². The van der Waals surface area contributed by atoms with Gasteiger partial charge in [0, 0.05) is 6.54 Å². The minimum atomic E-state index is -0.564. The Morgan fingerprint density at radius 2 is 1.75 bits per heavy atom. The van der Waals surface area contributed by atoms with Gasteiger partial charge >= 0.3 is 0 Å². The molecule has 2 atom stereocenters. The molecule has 0 spiro atoms. The van der Waals surface area contributed by atoms with Gasteiger partial charge in [-0.05, 0) is 56.8 Å². The van der Waals surface area contributed by atoms with Crippen molar-refractivity contribution in [2.45, 2.75) is 39.8 Å². The molecule has 2 unspecified atom stereocenters. The second-order valence-corrected chi connectivity index (χ2v) is 6.83. The lowest BCUT2D eigenvalue weighted by molar-refractivity contribution is -0.127.